The van der Waals surface area contributed by atoms with Gasteiger partial charge in [-0.1, -0.05) is 30.3 Å². The van der Waals surface area contributed by atoms with Crippen LogP contribution in [0.3, 0.4) is 0 Å². The lowest BCUT2D eigenvalue weighted by atomic mass is 10.0. The van der Waals surface area contributed by atoms with Gasteiger partial charge >= 0.3 is 0 Å². The van der Waals surface area contributed by atoms with E-state index in [1.165, 1.54) is 11.8 Å². The molecule has 3 aromatic rings. The van der Waals surface area contributed by atoms with Gasteiger partial charge in [0.2, 0.25) is 5.91 Å². The minimum atomic E-state index is -0.551. The number of fused-ring (bicyclic) bond motifs is 1. The molecule has 0 radical (unpaired) electrons. The Labute approximate surface area is 206 Å². The highest BCUT2D eigenvalue weighted by molar-refractivity contribution is 5.98. The van der Waals surface area contributed by atoms with Crippen LogP contribution < -0.4 is 11.1 Å². The van der Waals surface area contributed by atoms with Gasteiger partial charge in [-0.2, -0.15) is 5.10 Å². The summed E-state index contributed by atoms with van der Waals surface area (Å²) in [7, 11) is 2.17. The van der Waals surface area contributed by atoms with E-state index in [0.29, 0.717) is 36.6 Å². The highest BCUT2D eigenvalue weighted by Crippen LogP contribution is 2.24. The van der Waals surface area contributed by atoms with E-state index in [4.69, 9.17) is 5.73 Å². The molecule has 9 nitrogen and oxygen atoms in total. The van der Waals surface area contributed by atoms with Crippen LogP contribution in [0.4, 0.5) is 0 Å². The van der Waals surface area contributed by atoms with E-state index in [1.54, 1.807) is 4.52 Å². The van der Waals surface area contributed by atoms with Gasteiger partial charge in [0, 0.05) is 56.6 Å². The fourth-order valence-corrected chi connectivity index (χ4v) is 4.90. The number of likely N-dealkylation sites (N-methyl/N-ethyl adjacent to an activating group) is 1. The largest absolute Gasteiger partial charge is 0.365 e. The van der Waals surface area contributed by atoms with Gasteiger partial charge in [-0.15, -0.1) is 0 Å². The second-order valence-corrected chi connectivity index (χ2v) is 9.35. The summed E-state index contributed by atoms with van der Waals surface area (Å²) in [5.74, 6) is -0.523. The SMILES string of the molecule is Cc1nc2c(C(N)=O)cnn2c(C)c1CCC(=O)NCCCN1CCN(C)CC1c1ccccc1. The van der Waals surface area contributed by atoms with Crippen molar-refractivity contribution in [2.75, 3.05) is 39.8 Å². The Morgan fingerprint density at radius 2 is 1.94 bits per heavy atom. The van der Waals surface area contributed by atoms with Crippen LogP contribution in [0.5, 0.6) is 0 Å². The van der Waals surface area contributed by atoms with Gasteiger partial charge < -0.3 is 16.0 Å². The minimum Gasteiger partial charge on any atom is -0.365 e. The number of hydrogen-bond acceptors (Lipinski definition) is 6. The highest BCUT2D eigenvalue weighted by atomic mass is 16.1. The maximum atomic E-state index is 12.5. The summed E-state index contributed by atoms with van der Waals surface area (Å²) in [6.07, 6.45) is 3.29. The molecule has 3 heterocycles. The molecular weight excluding hydrogens is 442 g/mol. The Morgan fingerprint density at radius 1 is 1.17 bits per heavy atom. The van der Waals surface area contributed by atoms with Gasteiger partial charge in [-0.05, 0) is 44.9 Å². The molecule has 4 rings (SSSR count). The van der Waals surface area contributed by atoms with Crippen LogP contribution in [0.2, 0.25) is 0 Å². The Kier molecular flexibility index (Phi) is 7.77. The summed E-state index contributed by atoms with van der Waals surface area (Å²) in [4.78, 5) is 33.6. The van der Waals surface area contributed by atoms with Crippen LogP contribution in [0.15, 0.2) is 36.5 Å². The molecule has 1 unspecified atom stereocenters. The summed E-state index contributed by atoms with van der Waals surface area (Å²) in [6.45, 7) is 8.53. The predicted molar refractivity (Wildman–Crippen MR) is 135 cm³/mol. The van der Waals surface area contributed by atoms with Gasteiger partial charge in [0.25, 0.3) is 5.91 Å². The Balaban J connectivity index is 1.28. The van der Waals surface area contributed by atoms with Crippen LogP contribution in [-0.4, -0.2) is 76.0 Å². The summed E-state index contributed by atoms with van der Waals surface area (Å²) in [5, 5.41) is 7.32. The van der Waals surface area contributed by atoms with Gasteiger partial charge in [0.15, 0.2) is 5.65 Å². The molecule has 1 saturated heterocycles. The number of primary amides is 1. The molecule has 186 valence electrons. The van der Waals surface area contributed by atoms with Crippen molar-refractivity contribution in [1.29, 1.82) is 0 Å². The minimum absolute atomic E-state index is 0.0279. The molecule has 3 N–H and O–H groups in total. The van der Waals surface area contributed by atoms with Crippen molar-refractivity contribution in [1.82, 2.24) is 29.7 Å². The monoisotopic (exact) mass is 477 g/mol. The predicted octanol–water partition coefficient (Wildman–Crippen LogP) is 1.87. The first-order chi connectivity index (χ1) is 16.8. The number of hydrogen-bond donors (Lipinski definition) is 2. The fraction of sp³-hybridized carbons (Fsp3) is 0.462. The second-order valence-electron chi connectivity index (χ2n) is 9.35. The van der Waals surface area contributed by atoms with Crippen molar-refractivity contribution in [3.05, 3.63) is 64.6 Å². The van der Waals surface area contributed by atoms with Crippen LogP contribution >= 0.6 is 0 Å². The van der Waals surface area contributed by atoms with E-state index in [9.17, 15) is 9.59 Å². The Bertz CT molecular complexity index is 1190. The van der Waals surface area contributed by atoms with Gasteiger partial charge in [-0.25, -0.2) is 9.50 Å². The number of nitrogens with one attached hydrogen (secondary N) is 1. The zero-order valence-electron chi connectivity index (χ0n) is 20.8. The standard InChI is InChI=1S/C26H35N7O2/c1-18-21(19(2)33-26(30-18)22(16-29-33)25(27)35)10-11-24(34)28-12-7-13-32-15-14-31(3)17-23(32)20-8-5-4-6-9-20/h4-6,8-9,16,23H,7,10-15,17H2,1-3H3,(H2,27,35)(H,28,34). The summed E-state index contributed by atoms with van der Waals surface area (Å²) in [6, 6.07) is 11.0. The molecule has 0 bridgehead atoms. The van der Waals surface area contributed by atoms with E-state index in [-0.39, 0.29) is 5.91 Å². The molecule has 1 aliphatic heterocycles. The number of aromatic nitrogens is 3. The summed E-state index contributed by atoms with van der Waals surface area (Å²) < 4.78 is 1.62. The average Bonchev–Trinajstić information content (AvgIpc) is 3.27. The summed E-state index contributed by atoms with van der Waals surface area (Å²) >= 11 is 0. The third-order valence-electron chi connectivity index (χ3n) is 6.90. The fourth-order valence-electron chi connectivity index (χ4n) is 4.90. The van der Waals surface area contributed by atoms with E-state index in [1.807, 2.05) is 13.8 Å². The van der Waals surface area contributed by atoms with E-state index in [2.05, 4.69) is 62.6 Å². The molecule has 1 fully saturated rings. The normalized spacial score (nSPS) is 17.1. The van der Waals surface area contributed by atoms with E-state index < -0.39 is 5.91 Å². The van der Waals surface area contributed by atoms with Gasteiger partial charge in [0.05, 0.1) is 6.20 Å². The van der Waals surface area contributed by atoms with Crippen molar-refractivity contribution < 1.29 is 9.59 Å². The molecule has 1 atom stereocenters. The summed E-state index contributed by atoms with van der Waals surface area (Å²) in [5.41, 5.74) is 10.1. The first-order valence-electron chi connectivity index (χ1n) is 12.2. The van der Waals surface area contributed by atoms with E-state index in [0.717, 1.165) is 49.6 Å². The second kappa shape index (κ2) is 11.0. The van der Waals surface area contributed by atoms with Crippen LogP contribution in [0.1, 0.15) is 51.8 Å². The van der Waals surface area contributed by atoms with Crippen molar-refractivity contribution in [2.45, 2.75) is 39.2 Å². The van der Waals surface area contributed by atoms with Crippen LogP contribution in [0, 0.1) is 13.8 Å². The first kappa shape index (κ1) is 24.8. The Morgan fingerprint density at radius 3 is 2.69 bits per heavy atom. The lowest BCUT2D eigenvalue weighted by Gasteiger charge is -2.40. The molecule has 9 heteroatoms. The Hall–Kier alpha value is -3.30. The third kappa shape index (κ3) is 5.68. The molecule has 2 aromatic heterocycles. The number of carbonyl (C=O) groups is 2. The van der Waals surface area contributed by atoms with Crippen molar-refractivity contribution in [3.63, 3.8) is 0 Å². The number of rotatable bonds is 9. The molecule has 2 amide bonds. The zero-order chi connectivity index (χ0) is 24.9. The maximum absolute atomic E-state index is 12.5. The lowest BCUT2D eigenvalue weighted by Crippen LogP contribution is -2.47. The number of aryl methyl sites for hydroxylation is 2. The van der Waals surface area contributed by atoms with Crippen molar-refractivity contribution in [2.24, 2.45) is 5.73 Å². The quantitative estimate of drug-likeness (QED) is 0.456. The number of nitrogens with two attached hydrogens (primary N) is 1. The van der Waals surface area contributed by atoms with Crippen molar-refractivity contribution >= 4 is 17.5 Å². The van der Waals surface area contributed by atoms with Crippen LogP contribution in [-0.2, 0) is 11.2 Å². The molecule has 35 heavy (non-hydrogen) atoms. The van der Waals surface area contributed by atoms with Gasteiger partial charge in [-0.3, -0.25) is 14.5 Å². The van der Waals surface area contributed by atoms with Crippen molar-refractivity contribution in [3.8, 4) is 0 Å². The topological polar surface area (TPSA) is 109 Å². The lowest BCUT2D eigenvalue weighted by molar-refractivity contribution is -0.121. The maximum Gasteiger partial charge on any atom is 0.254 e. The average molecular weight is 478 g/mol. The molecule has 0 saturated carbocycles. The number of piperazine rings is 1. The zero-order valence-corrected chi connectivity index (χ0v) is 20.8. The molecule has 0 aliphatic carbocycles. The number of amides is 2. The molecule has 0 spiro atoms. The molecular formula is C26H35N7O2. The number of benzene rings is 1. The smallest absolute Gasteiger partial charge is 0.254 e. The number of nitrogens with zero attached hydrogens (tertiary/aromatic N) is 5. The highest BCUT2D eigenvalue weighted by Gasteiger charge is 2.26. The van der Waals surface area contributed by atoms with E-state index >= 15 is 0 Å². The van der Waals surface area contributed by atoms with Gasteiger partial charge in [0.1, 0.15) is 5.56 Å². The third-order valence-corrected chi connectivity index (χ3v) is 6.90. The molecule has 1 aromatic carbocycles. The van der Waals surface area contributed by atoms with Crippen LogP contribution in [0.25, 0.3) is 5.65 Å². The first-order valence-corrected chi connectivity index (χ1v) is 12.2. The number of carbonyl (C=O) groups excluding carboxylic acids is 2. The molecule has 1 aliphatic rings.